The predicted octanol–water partition coefficient (Wildman–Crippen LogP) is 1.69. The number of rotatable bonds is 5. The molecule has 0 aliphatic rings. The number of benzene rings is 1. The van der Waals surface area contributed by atoms with Gasteiger partial charge in [0.1, 0.15) is 11.5 Å². The Bertz CT molecular complexity index is 537. The molecule has 1 aromatic heterocycles. The molecule has 0 bridgehead atoms. The minimum absolute atomic E-state index is 0.1000. The van der Waals surface area contributed by atoms with E-state index in [-0.39, 0.29) is 18.4 Å². The van der Waals surface area contributed by atoms with Gasteiger partial charge in [0.05, 0.1) is 6.54 Å². The number of carbonyl (C=O) groups excluding carboxylic acids is 1. The van der Waals surface area contributed by atoms with E-state index in [2.05, 4.69) is 10.5 Å². The van der Waals surface area contributed by atoms with Crippen molar-refractivity contribution in [2.75, 3.05) is 0 Å². The molecule has 0 saturated carbocycles. The molecule has 1 heterocycles. The van der Waals surface area contributed by atoms with Gasteiger partial charge in [0, 0.05) is 18.5 Å². The molecule has 1 unspecified atom stereocenters. The third kappa shape index (κ3) is 3.93. The van der Waals surface area contributed by atoms with Crippen LogP contribution in [-0.4, -0.2) is 11.1 Å². The average Bonchev–Trinajstić information content (AvgIpc) is 2.83. The highest BCUT2D eigenvalue weighted by atomic mass is 16.5. The van der Waals surface area contributed by atoms with Crippen LogP contribution in [0.2, 0.25) is 0 Å². The van der Waals surface area contributed by atoms with Crippen LogP contribution in [0, 0.1) is 6.92 Å². The maximum absolute atomic E-state index is 11.8. The zero-order chi connectivity index (χ0) is 13.7. The molecule has 3 N–H and O–H groups in total. The van der Waals surface area contributed by atoms with Gasteiger partial charge in [-0.15, -0.1) is 0 Å². The quantitative estimate of drug-likeness (QED) is 0.856. The molecule has 2 aromatic rings. The van der Waals surface area contributed by atoms with E-state index < -0.39 is 0 Å². The molecule has 5 nitrogen and oxygen atoms in total. The van der Waals surface area contributed by atoms with Crippen molar-refractivity contribution in [3.8, 4) is 0 Å². The molecule has 19 heavy (non-hydrogen) atoms. The van der Waals surface area contributed by atoms with E-state index in [0.717, 1.165) is 11.3 Å². The minimum atomic E-state index is -0.291. The van der Waals surface area contributed by atoms with Crippen molar-refractivity contribution in [3.05, 3.63) is 53.4 Å². The van der Waals surface area contributed by atoms with E-state index in [4.69, 9.17) is 10.3 Å². The summed E-state index contributed by atoms with van der Waals surface area (Å²) in [7, 11) is 0. The van der Waals surface area contributed by atoms with Crippen LogP contribution in [0.15, 0.2) is 40.9 Å². The molecule has 5 heteroatoms. The Morgan fingerprint density at radius 1 is 1.42 bits per heavy atom. The number of amides is 1. The number of carbonyl (C=O) groups is 1. The van der Waals surface area contributed by atoms with Crippen LogP contribution in [-0.2, 0) is 11.3 Å². The molecule has 0 aliphatic carbocycles. The zero-order valence-corrected chi connectivity index (χ0v) is 10.8. The van der Waals surface area contributed by atoms with Crippen LogP contribution < -0.4 is 11.1 Å². The molecular formula is C14H17N3O2. The van der Waals surface area contributed by atoms with Gasteiger partial charge < -0.3 is 15.6 Å². The number of hydrogen-bond donors (Lipinski definition) is 2. The topological polar surface area (TPSA) is 81.2 Å². The largest absolute Gasteiger partial charge is 0.361 e. The summed E-state index contributed by atoms with van der Waals surface area (Å²) in [6, 6.07) is 11.1. The Labute approximate surface area is 111 Å². The summed E-state index contributed by atoms with van der Waals surface area (Å²) in [5.74, 6) is 0.627. The van der Waals surface area contributed by atoms with E-state index in [1.807, 2.05) is 37.3 Å². The third-order valence-corrected chi connectivity index (χ3v) is 2.78. The van der Waals surface area contributed by atoms with Crippen molar-refractivity contribution in [2.45, 2.75) is 25.9 Å². The highest BCUT2D eigenvalue weighted by Gasteiger charge is 2.11. The first-order valence-corrected chi connectivity index (χ1v) is 6.14. The van der Waals surface area contributed by atoms with Gasteiger partial charge in [0.25, 0.3) is 0 Å². The van der Waals surface area contributed by atoms with Crippen molar-refractivity contribution in [2.24, 2.45) is 5.73 Å². The number of aromatic nitrogens is 1. The molecule has 0 fully saturated rings. The normalized spacial score (nSPS) is 12.1. The summed E-state index contributed by atoms with van der Waals surface area (Å²) in [6.07, 6.45) is 0.251. The summed E-state index contributed by atoms with van der Waals surface area (Å²) in [5.41, 5.74) is 7.64. The van der Waals surface area contributed by atoms with Gasteiger partial charge in [-0.3, -0.25) is 4.79 Å². The number of nitrogens with zero attached hydrogens (tertiary/aromatic N) is 1. The standard InChI is InChI=1S/C14H17N3O2/c1-10-7-12(17-19-10)9-16-14(18)8-13(15)11-5-3-2-4-6-11/h2-7,13H,8-9,15H2,1H3,(H,16,18). The van der Waals surface area contributed by atoms with Crippen molar-refractivity contribution in [1.82, 2.24) is 10.5 Å². The molecule has 1 amide bonds. The van der Waals surface area contributed by atoms with Crippen LogP contribution in [0.4, 0.5) is 0 Å². The van der Waals surface area contributed by atoms with Gasteiger partial charge in [0.2, 0.25) is 5.91 Å². The molecule has 100 valence electrons. The number of nitrogens with two attached hydrogens (primary N) is 1. The Kier molecular flexibility index (Phi) is 4.30. The summed E-state index contributed by atoms with van der Waals surface area (Å²) in [4.78, 5) is 11.8. The summed E-state index contributed by atoms with van der Waals surface area (Å²) in [5, 5.41) is 6.58. The fraction of sp³-hybridized carbons (Fsp3) is 0.286. The van der Waals surface area contributed by atoms with Crippen LogP contribution in [0.5, 0.6) is 0 Å². The summed E-state index contributed by atoms with van der Waals surface area (Å²) < 4.78 is 4.92. The second-order valence-electron chi connectivity index (χ2n) is 4.43. The third-order valence-electron chi connectivity index (χ3n) is 2.78. The smallest absolute Gasteiger partial charge is 0.222 e. The Balaban J connectivity index is 1.81. The minimum Gasteiger partial charge on any atom is -0.361 e. The lowest BCUT2D eigenvalue weighted by atomic mass is 10.0. The van der Waals surface area contributed by atoms with Crippen molar-refractivity contribution in [3.63, 3.8) is 0 Å². The lowest BCUT2D eigenvalue weighted by Gasteiger charge is -2.11. The molecule has 1 aromatic carbocycles. The lowest BCUT2D eigenvalue weighted by Crippen LogP contribution is -2.27. The van der Waals surface area contributed by atoms with Crippen molar-refractivity contribution >= 4 is 5.91 Å². The van der Waals surface area contributed by atoms with Gasteiger partial charge in [-0.25, -0.2) is 0 Å². The van der Waals surface area contributed by atoms with Crippen LogP contribution in [0.1, 0.15) is 29.5 Å². The molecule has 0 saturated heterocycles. The first-order chi connectivity index (χ1) is 9.15. The van der Waals surface area contributed by atoms with Crippen molar-refractivity contribution < 1.29 is 9.32 Å². The molecule has 0 aliphatic heterocycles. The molecular weight excluding hydrogens is 242 g/mol. The second-order valence-corrected chi connectivity index (χ2v) is 4.43. The second kappa shape index (κ2) is 6.15. The zero-order valence-electron chi connectivity index (χ0n) is 10.8. The lowest BCUT2D eigenvalue weighted by molar-refractivity contribution is -0.121. The first kappa shape index (κ1) is 13.3. The summed E-state index contributed by atoms with van der Waals surface area (Å²) >= 11 is 0. The Hall–Kier alpha value is -2.14. The molecule has 1 atom stereocenters. The number of hydrogen-bond acceptors (Lipinski definition) is 4. The van der Waals surface area contributed by atoms with E-state index in [1.54, 1.807) is 6.07 Å². The SMILES string of the molecule is Cc1cc(CNC(=O)CC(N)c2ccccc2)no1. The monoisotopic (exact) mass is 259 g/mol. The van der Waals surface area contributed by atoms with Gasteiger partial charge in [-0.2, -0.15) is 0 Å². The predicted molar refractivity (Wildman–Crippen MR) is 71.1 cm³/mol. The van der Waals surface area contributed by atoms with Crippen LogP contribution in [0.3, 0.4) is 0 Å². The van der Waals surface area contributed by atoms with Crippen molar-refractivity contribution in [1.29, 1.82) is 0 Å². The number of nitrogens with one attached hydrogen (secondary N) is 1. The van der Waals surface area contributed by atoms with E-state index in [9.17, 15) is 4.79 Å². The molecule has 0 radical (unpaired) electrons. The highest BCUT2D eigenvalue weighted by molar-refractivity contribution is 5.76. The Morgan fingerprint density at radius 2 is 2.16 bits per heavy atom. The maximum Gasteiger partial charge on any atom is 0.222 e. The van der Waals surface area contributed by atoms with Gasteiger partial charge in [-0.05, 0) is 12.5 Å². The highest BCUT2D eigenvalue weighted by Crippen LogP contribution is 2.13. The van der Waals surface area contributed by atoms with Crippen LogP contribution >= 0.6 is 0 Å². The molecule has 2 rings (SSSR count). The van der Waals surface area contributed by atoms with Gasteiger partial charge in [0.15, 0.2) is 0 Å². The average molecular weight is 259 g/mol. The van der Waals surface area contributed by atoms with Gasteiger partial charge in [-0.1, -0.05) is 35.5 Å². The number of aryl methyl sites for hydroxylation is 1. The maximum atomic E-state index is 11.8. The fourth-order valence-corrected chi connectivity index (χ4v) is 1.78. The summed E-state index contributed by atoms with van der Waals surface area (Å²) in [6.45, 7) is 2.17. The fourth-order valence-electron chi connectivity index (χ4n) is 1.78. The Morgan fingerprint density at radius 3 is 2.79 bits per heavy atom. The van der Waals surface area contributed by atoms with E-state index in [1.165, 1.54) is 0 Å². The molecule has 0 spiro atoms. The van der Waals surface area contributed by atoms with Crippen LogP contribution in [0.25, 0.3) is 0 Å². The van der Waals surface area contributed by atoms with E-state index >= 15 is 0 Å². The first-order valence-electron chi connectivity index (χ1n) is 6.14. The van der Waals surface area contributed by atoms with Gasteiger partial charge >= 0.3 is 0 Å². The van der Waals surface area contributed by atoms with E-state index in [0.29, 0.717) is 12.2 Å².